The lowest BCUT2D eigenvalue weighted by Crippen LogP contribution is -2.36. The van der Waals surface area contributed by atoms with Crippen molar-refractivity contribution in [2.24, 2.45) is 5.92 Å². The normalized spacial score (nSPS) is 17.8. The van der Waals surface area contributed by atoms with E-state index in [-0.39, 0.29) is 5.44 Å². The predicted molar refractivity (Wildman–Crippen MR) is 229 cm³/mol. The van der Waals surface area contributed by atoms with Gasteiger partial charge in [-0.15, -0.1) is 12.6 Å². The zero-order valence-corrected chi connectivity index (χ0v) is 32.8. The van der Waals surface area contributed by atoms with Gasteiger partial charge in [-0.05, 0) is 105 Å². The molecule has 0 amide bonds. The molecule has 11 heteroatoms. The number of fused-ring (bicyclic) bond motifs is 4. The predicted octanol–water partition coefficient (Wildman–Crippen LogP) is 9.89. The number of hydrogen-bond donors (Lipinski definition) is 5. The van der Waals surface area contributed by atoms with Gasteiger partial charge < -0.3 is 24.7 Å². The van der Waals surface area contributed by atoms with Crippen LogP contribution in [-0.2, 0) is 17.7 Å². The van der Waals surface area contributed by atoms with Gasteiger partial charge in [-0.3, -0.25) is 4.90 Å². The quantitative estimate of drug-likeness (QED) is 0.0698. The first-order valence-electron chi connectivity index (χ1n) is 20.0. The molecule has 2 fully saturated rings. The fourth-order valence-corrected chi connectivity index (χ4v) is 9.40. The van der Waals surface area contributed by atoms with Crippen molar-refractivity contribution in [2.75, 3.05) is 13.7 Å². The number of pyridine rings is 2. The fraction of sp³-hybridized carbons (Fsp3) is 0.333. The minimum atomic E-state index is -0.0782. The summed E-state index contributed by atoms with van der Waals surface area (Å²) in [5.74, 6) is 2.33. The van der Waals surface area contributed by atoms with Crippen LogP contribution in [-0.4, -0.2) is 69.9 Å². The molecule has 56 heavy (non-hydrogen) atoms. The van der Waals surface area contributed by atoms with E-state index >= 15 is 0 Å². The van der Waals surface area contributed by atoms with Crippen molar-refractivity contribution in [1.82, 2.24) is 44.8 Å². The third-order valence-corrected chi connectivity index (χ3v) is 12.5. The lowest BCUT2D eigenvalue weighted by atomic mass is 9.89. The number of aryl methyl sites for hydroxylation is 1. The minimum absolute atomic E-state index is 0.0782. The number of nitrogens with zero attached hydrogens (tertiary/aromatic N) is 5. The van der Waals surface area contributed by atoms with Crippen LogP contribution in [0.25, 0.3) is 72.7 Å². The van der Waals surface area contributed by atoms with Crippen LogP contribution in [0, 0.1) is 12.8 Å². The zero-order valence-electron chi connectivity index (χ0n) is 31.9. The van der Waals surface area contributed by atoms with E-state index < -0.39 is 0 Å². The molecule has 1 saturated heterocycles. The molecule has 2 aliphatic rings. The summed E-state index contributed by atoms with van der Waals surface area (Å²) < 4.78 is 5.57. The number of rotatable bonds is 10. The Balaban J connectivity index is 0.931. The molecule has 10 nitrogen and oxygen atoms in total. The smallest absolute Gasteiger partial charge is 0.178 e. The number of nitrogens with one attached hydrogen (secondary N) is 4. The van der Waals surface area contributed by atoms with Crippen LogP contribution >= 0.6 is 12.6 Å². The fourth-order valence-electron chi connectivity index (χ4n) is 9.06. The Labute approximate surface area is 331 Å². The SMILES string of the molecule is CO[C@H](S)C1CCCN1Cc1ccc2[nH]c(-c3cc(Cc4nc5nccc(-c6cc7cc(/C=C/C8CCCCC8)ccc7[nH]6)c5[nH]4)nc4nc(C)[nH]c34)cc2c1. The van der Waals surface area contributed by atoms with E-state index in [2.05, 4.69) is 103 Å². The van der Waals surface area contributed by atoms with E-state index in [1.165, 1.54) is 60.4 Å². The summed E-state index contributed by atoms with van der Waals surface area (Å²) in [6, 6.07) is 22.4. The van der Waals surface area contributed by atoms with E-state index in [1.807, 2.05) is 13.1 Å². The summed E-state index contributed by atoms with van der Waals surface area (Å²) in [6.07, 6.45) is 16.0. The molecule has 8 aromatic rings. The third kappa shape index (κ3) is 6.82. The van der Waals surface area contributed by atoms with Gasteiger partial charge in [0.15, 0.2) is 11.3 Å². The second kappa shape index (κ2) is 14.7. The van der Waals surface area contributed by atoms with Crippen molar-refractivity contribution in [1.29, 1.82) is 0 Å². The van der Waals surface area contributed by atoms with E-state index in [9.17, 15) is 0 Å². The monoisotopic (exact) mass is 761 g/mol. The number of aromatic amines is 4. The molecule has 2 aromatic carbocycles. The Kier molecular flexibility index (Phi) is 9.23. The first-order valence-corrected chi connectivity index (χ1v) is 20.5. The number of thiol groups is 1. The first-order chi connectivity index (χ1) is 27.4. The van der Waals surface area contributed by atoms with E-state index in [0.717, 1.165) is 81.4 Å². The number of H-pyrrole nitrogens is 4. The topological polar surface area (TPSA) is 127 Å². The molecule has 0 bridgehead atoms. The van der Waals surface area contributed by atoms with Crippen LogP contribution in [0.3, 0.4) is 0 Å². The van der Waals surface area contributed by atoms with Crippen LogP contribution in [0.1, 0.15) is 73.4 Å². The van der Waals surface area contributed by atoms with Crippen molar-refractivity contribution in [2.45, 2.75) is 76.3 Å². The maximum absolute atomic E-state index is 5.57. The molecular weight excluding hydrogens is 715 g/mol. The molecule has 1 saturated carbocycles. The summed E-state index contributed by atoms with van der Waals surface area (Å²) in [5.41, 5.74) is 12.8. The number of imidazole rings is 2. The molecule has 0 radical (unpaired) electrons. The van der Waals surface area contributed by atoms with E-state index in [0.29, 0.717) is 29.7 Å². The summed E-state index contributed by atoms with van der Waals surface area (Å²) in [4.78, 5) is 36.2. The second-order valence-electron chi connectivity index (χ2n) is 15.8. The van der Waals surface area contributed by atoms with Crippen LogP contribution in [0.15, 0.2) is 72.9 Å². The Hall–Kier alpha value is -5.23. The lowest BCUT2D eigenvalue weighted by Gasteiger charge is -2.28. The van der Waals surface area contributed by atoms with Crippen LogP contribution < -0.4 is 0 Å². The average Bonchev–Trinajstić information content (AvgIpc) is 4.06. The van der Waals surface area contributed by atoms with Crippen molar-refractivity contribution in [3.63, 3.8) is 0 Å². The highest BCUT2D eigenvalue weighted by molar-refractivity contribution is 7.80. The van der Waals surface area contributed by atoms with Gasteiger partial charge in [0.05, 0.1) is 16.7 Å². The van der Waals surface area contributed by atoms with Crippen molar-refractivity contribution in [3.8, 4) is 22.5 Å². The highest BCUT2D eigenvalue weighted by Crippen LogP contribution is 2.34. The summed E-state index contributed by atoms with van der Waals surface area (Å²) in [7, 11) is 1.74. The average molecular weight is 762 g/mol. The standard InChI is InChI=1S/C45H47N9OS/c1-26-47-42-34(38-22-31-20-29(13-15-36(31)51-38)25-54-18-6-9-39(54)45(56)55-2)23-32(49-44(42)48-26)24-40-52-41-33(16-17-46-43(41)53-40)37-21-30-19-28(12-14-35(30)50-37)11-10-27-7-4-3-5-8-27/h10-17,19-23,27,39,45,50-51,56H,3-9,18,24-25H2,1-2H3,(H,46,52,53)(H,47,48,49)/b11-10+/t39?,45-/m1/s1. The molecule has 0 spiro atoms. The van der Waals surface area contributed by atoms with Crippen LogP contribution in [0.5, 0.6) is 0 Å². The van der Waals surface area contributed by atoms with E-state index in [4.69, 9.17) is 32.3 Å². The maximum atomic E-state index is 5.57. The molecule has 2 atom stereocenters. The molecule has 284 valence electrons. The second-order valence-corrected chi connectivity index (χ2v) is 16.3. The van der Waals surface area contributed by atoms with Crippen molar-refractivity contribution < 1.29 is 4.74 Å². The Morgan fingerprint density at radius 3 is 2.43 bits per heavy atom. The summed E-state index contributed by atoms with van der Waals surface area (Å²) in [6.45, 7) is 3.90. The van der Waals surface area contributed by atoms with Gasteiger partial charge in [0, 0.05) is 76.6 Å². The number of allylic oxidation sites excluding steroid dienone is 1. The molecule has 10 rings (SSSR count). The zero-order chi connectivity index (χ0) is 37.8. The number of methoxy groups -OCH3 is 1. The summed E-state index contributed by atoms with van der Waals surface area (Å²) >= 11 is 4.69. The number of likely N-dealkylation sites (tertiary alicyclic amines) is 1. The number of benzene rings is 2. The first kappa shape index (κ1) is 35.2. The van der Waals surface area contributed by atoms with Crippen LogP contribution in [0.2, 0.25) is 0 Å². The molecule has 1 unspecified atom stereocenters. The lowest BCUT2D eigenvalue weighted by molar-refractivity contribution is 0.0886. The maximum Gasteiger partial charge on any atom is 0.178 e. The molecule has 1 aliphatic carbocycles. The van der Waals surface area contributed by atoms with Gasteiger partial charge in [0.25, 0.3) is 0 Å². The third-order valence-electron chi connectivity index (χ3n) is 11.9. The Morgan fingerprint density at radius 1 is 0.804 bits per heavy atom. The van der Waals surface area contributed by atoms with Gasteiger partial charge in [0.1, 0.15) is 17.1 Å². The van der Waals surface area contributed by atoms with Gasteiger partial charge in [-0.2, -0.15) is 0 Å². The number of ether oxygens (including phenoxy) is 1. The van der Waals surface area contributed by atoms with E-state index in [1.54, 1.807) is 7.11 Å². The molecular formula is C45H47N9OS. The van der Waals surface area contributed by atoms with Gasteiger partial charge in [-0.25, -0.2) is 19.9 Å². The summed E-state index contributed by atoms with van der Waals surface area (Å²) in [5, 5.41) is 2.36. The molecule has 7 heterocycles. The Morgan fingerprint density at radius 2 is 1.59 bits per heavy atom. The van der Waals surface area contributed by atoms with Gasteiger partial charge in [0.2, 0.25) is 0 Å². The highest BCUT2D eigenvalue weighted by Gasteiger charge is 2.30. The largest absolute Gasteiger partial charge is 0.369 e. The minimum Gasteiger partial charge on any atom is -0.369 e. The van der Waals surface area contributed by atoms with Gasteiger partial charge in [-0.1, -0.05) is 43.5 Å². The van der Waals surface area contributed by atoms with Crippen molar-refractivity contribution in [3.05, 3.63) is 101 Å². The number of aromatic nitrogens is 8. The molecule has 6 aromatic heterocycles. The number of hydrogen-bond acceptors (Lipinski definition) is 7. The van der Waals surface area contributed by atoms with Crippen molar-refractivity contribution >= 4 is 62.8 Å². The van der Waals surface area contributed by atoms with Gasteiger partial charge >= 0.3 is 0 Å². The molecule has 4 N–H and O–H groups in total. The van der Waals surface area contributed by atoms with Crippen LogP contribution in [0.4, 0.5) is 0 Å². The Bertz CT molecular complexity index is 2730. The highest BCUT2D eigenvalue weighted by atomic mass is 32.1. The molecule has 1 aliphatic heterocycles.